The van der Waals surface area contributed by atoms with Crippen LogP contribution in [0.5, 0.6) is 0 Å². The van der Waals surface area contributed by atoms with Gasteiger partial charge in [0.1, 0.15) is 0 Å². The van der Waals surface area contributed by atoms with E-state index in [1.807, 2.05) is 0 Å². The zero-order valence-corrected chi connectivity index (χ0v) is 16.2. The Morgan fingerprint density at radius 3 is 2.25 bits per heavy atom. The fraction of sp³-hybridized carbons (Fsp3) is 0.588. The molecule has 5 nitrogen and oxygen atoms in total. The van der Waals surface area contributed by atoms with Gasteiger partial charge in [-0.15, -0.1) is 0 Å². The molecule has 24 heavy (non-hydrogen) atoms. The quantitative estimate of drug-likeness (QED) is 0.746. The standard InChI is InChI=1S/C17H25BrN2O3S/c18-14-8-10-16(11-9-14)24(22,23)19-13-12-17(21)20-15-6-4-2-1-3-5-7-15/h8-11,15,19H,1-7,12-13H2,(H,20,21). The Bertz CT molecular complexity index is 624. The summed E-state index contributed by atoms with van der Waals surface area (Å²) in [6, 6.07) is 6.65. The average molecular weight is 417 g/mol. The summed E-state index contributed by atoms with van der Waals surface area (Å²) < 4.78 is 27.6. The van der Waals surface area contributed by atoms with Crippen molar-refractivity contribution in [1.82, 2.24) is 10.0 Å². The van der Waals surface area contributed by atoms with Crippen LogP contribution in [-0.4, -0.2) is 26.9 Å². The molecule has 2 N–H and O–H groups in total. The molecule has 1 aromatic rings. The van der Waals surface area contributed by atoms with E-state index in [2.05, 4.69) is 26.0 Å². The van der Waals surface area contributed by atoms with Crippen molar-refractivity contribution in [3.8, 4) is 0 Å². The molecule has 134 valence electrons. The first kappa shape index (κ1) is 19.4. The van der Waals surface area contributed by atoms with Crippen LogP contribution in [-0.2, 0) is 14.8 Å². The highest BCUT2D eigenvalue weighted by atomic mass is 79.9. The van der Waals surface area contributed by atoms with Gasteiger partial charge < -0.3 is 5.32 Å². The number of amides is 1. The minimum absolute atomic E-state index is 0.0842. The fourth-order valence-corrected chi connectivity index (χ4v) is 4.19. The van der Waals surface area contributed by atoms with Gasteiger partial charge in [0.15, 0.2) is 0 Å². The van der Waals surface area contributed by atoms with Gasteiger partial charge in [-0.1, -0.05) is 48.0 Å². The minimum Gasteiger partial charge on any atom is -0.353 e. The van der Waals surface area contributed by atoms with Gasteiger partial charge in [-0.25, -0.2) is 13.1 Å². The molecule has 1 fully saturated rings. The van der Waals surface area contributed by atoms with E-state index < -0.39 is 10.0 Å². The van der Waals surface area contributed by atoms with Crippen LogP contribution < -0.4 is 10.0 Å². The molecule has 1 amide bonds. The van der Waals surface area contributed by atoms with E-state index in [0.717, 1.165) is 30.2 Å². The second-order valence-corrected chi connectivity index (χ2v) is 8.89. The summed E-state index contributed by atoms with van der Waals surface area (Å²) in [5.41, 5.74) is 0. The lowest BCUT2D eigenvalue weighted by molar-refractivity contribution is -0.121. The predicted molar refractivity (Wildman–Crippen MR) is 98.2 cm³/mol. The van der Waals surface area contributed by atoms with Crippen molar-refractivity contribution in [3.63, 3.8) is 0 Å². The second-order valence-electron chi connectivity index (χ2n) is 6.21. The number of hydrogen-bond donors (Lipinski definition) is 2. The maximum Gasteiger partial charge on any atom is 0.240 e. The zero-order chi connectivity index (χ0) is 17.4. The number of benzene rings is 1. The summed E-state index contributed by atoms with van der Waals surface area (Å²) in [5.74, 6) is -0.0842. The van der Waals surface area contributed by atoms with E-state index in [9.17, 15) is 13.2 Å². The minimum atomic E-state index is -3.57. The first-order valence-corrected chi connectivity index (χ1v) is 10.8. The molecule has 1 aliphatic carbocycles. The fourth-order valence-electron chi connectivity index (χ4n) is 2.90. The van der Waals surface area contributed by atoms with Crippen molar-refractivity contribution in [3.05, 3.63) is 28.7 Å². The predicted octanol–water partition coefficient (Wildman–Crippen LogP) is 3.35. The molecule has 0 radical (unpaired) electrons. The van der Waals surface area contributed by atoms with Crippen LogP contribution in [0.4, 0.5) is 0 Å². The van der Waals surface area contributed by atoms with Crippen LogP contribution in [0.1, 0.15) is 51.4 Å². The van der Waals surface area contributed by atoms with E-state index >= 15 is 0 Å². The summed E-state index contributed by atoms with van der Waals surface area (Å²) in [6.45, 7) is 0.108. The molecular formula is C17H25BrN2O3S. The molecule has 1 aromatic carbocycles. The summed E-state index contributed by atoms with van der Waals surface area (Å²) in [4.78, 5) is 12.2. The number of carbonyl (C=O) groups excluding carboxylic acids is 1. The third-order valence-electron chi connectivity index (χ3n) is 4.24. The van der Waals surface area contributed by atoms with Crippen molar-refractivity contribution >= 4 is 31.9 Å². The third-order valence-corrected chi connectivity index (χ3v) is 6.24. The highest BCUT2D eigenvalue weighted by Gasteiger charge is 2.16. The molecule has 1 aliphatic rings. The highest BCUT2D eigenvalue weighted by Crippen LogP contribution is 2.17. The number of halogens is 1. The van der Waals surface area contributed by atoms with Crippen molar-refractivity contribution in [2.75, 3.05) is 6.54 Å². The topological polar surface area (TPSA) is 75.3 Å². The SMILES string of the molecule is O=C(CCNS(=O)(=O)c1ccc(Br)cc1)NC1CCCCCCC1. The maximum atomic E-state index is 12.1. The first-order chi connectivity index (χ1) is 11.5. The maximum absolute atomic E-state index is 12.1. The molecule has 0 unspecified atom stereocenters. The van der Waals surface area contributed by atoms with E-state index in [1.165, 1.54) is 31.4 Å². The smallest absolute Gasteiger partial charge is 0.240 e. The third kappa shape index (κ3) is 6.53. The van der Waals surface area contributed by atoms with Crippen LogP contribution in [0.3, 0.4) is 0 Å². The normalized spacial score (nSPS) is 17.0. The van der Waals surface area contributed by atoms with Crippen molar-refractivity contribution in [2.24, 2.45) is 0 Å². The lowest BCUT2D eigenvalue weighted by Gasteiger charge is -2.21. The lowest BCUT2D eigenvalue weighted by atomic mass is 9.96. The number of carbonyl (C=O) groups is 1. The summed E-state index contributed by atoms with van der Waals surface area (Å²) >= 11 is 3.27. The van der Waals surface area contributed by atoms with E-state index in [1.54, 1.807) is 12.1 Å². The molecular weight excluding hydrogens is 392 g/mol. The molecule has 0 atom stereocenters. The van der Waals surface area contributed by atoms with Gasteiger partial charge in [0.25, 0.3) is 0 Å². The van der Waals surface area contributed by atoms with Crippen LogP contribution in [0.2, 0.25) is 0 Å². The Kier molecular flexibility index (Phi) is 7.71. The second kappa shape index (κ2) is 9.53. The van der Waals surface area contributed by atoms with Gasteiger partial charge in [-0.2, -0.15) is 0 Å². The molecule has 2 rings (SSSR count). The molecule has 0 spiro atoms. The first-order valence-electron chi connectivity index (χ1n) is 8.52. The van der Waals surface area contributed by atoms with E-state index in [-0.39, 0.29) is 29.8 Å². The molecule has 0 aromatic heterocycles. The monoisotopic (exact) mass is 416 g/mol. The average Bonchev–Trinajstić information content (AvgIpc) is 2.50. The van der Waals surface area contributed by atoms with Crippen LogP contribution >= 0.6 is 15.9 Å². The van der Waals surface area contributed by atoms with Crippen molar-refractivity contribution < 1.29 is 13.2 Å². The molecule has 0 saturated heterocycles. The summed E-state index contributed by atoms with van der Waals surface area (Å²) in [6.07, 6.45) is 8.28. The van der Waals surface area contributed by atoms with Crippen molar-refractivity contribution in [2.45, 2.75) is 62.3 Å². The highest BCUT2D eigenvalue weighted by molar-refractivity contribution is 9.10. The molecule has 0 aliphatic heterocycles. The van der Waals surface area contributed by atoms with E-state index in [0.29, 0.717) is 0 Å². The van der Waals surface area contributed by atoms with Crippen LogP contribution in [0.15, 0.2) is 33.6 Å². The van der Waals surface area contributed by atoms with Gasteiger partial charge in [0.05, 0.1) is 4.90 Å². The number of nitrogens with one attached hydrogen (secondary N) is 2. The Labute approximate surface area is 152 Å². The van der Waals surface area contributed by atoms with E-state index in [4.69, 9.17) is 0 Å². The van der Waals surface area contributed by atoms with Gasteiger partial charge >= 0.3 is 0 Å². The Hall–Kier alpha value is -0.920. The largest absolute Gasteiger partial charge is 0.353 e. The molecule has 7 heteroatoms. The molecule has 0 heterocycles. The molecule has 0 bridgehead atoms. The van der Waals surface area contributed by atoms with Gasteiger partial charge in [-0.05, 0) is 37.1 Å². The number of rotatable bonds is 6. The lowest BCUT2D eigenvalue weighted by Crippen LogP contribution is -2.37. The Morgan fingerprint density at radius 1 is 1.04 bits per heavy atom. The summed E-state index contributed by atoms with van der Waals surface area (Å²) in [5, 5.41) is 3.04. The Balaban J connectivity index is 1.76. The zero-order valence-electron chi connectivity index (χ0n) is 13.8. The van der Waals surface area contributed by atoms with Crippen LogP contribution in [0, 0.1) is 0 Å². The molecule has 1 saturated carbocycles. The van der Waals surface area contributed by atoms with Crippen molar-refractivity contribution in [1.29, 1.82) is 0 Å². The Morgan fingerprint density at radius 2 is 1.62 bits per heavy atom. The van der Waals surface area contributed by atoms with Gasteiger partial charge in [0, 0.05) is 23.5 Å². The number of hydrogen-bond acceptors (Lipinski definition) is 3. The number of sulfonamides is 1. The van der Waals surface area contributed by atoms with Gasteiger partial charge in [-0.3, -0.25) is 4.79 Å². The van der Waals surface area contributed by atoms with Gasteiger partial charge in [0.2, 0.25) is 15.9 Å². The summed E-state index contributed by atoms with van der Waals surface area (Å²) in [7, 11) is -3.57. The van der Waals surface area contributed by atoms with Crippen LogP contribution in [0.25, 0.3) is 0 Å².